The molecule has 5 rings (SSSR count). The van der Waals surface area contributed by atoms with Gasteiger partial charge in [0.1, 0.15) is 11.6 Å². The van der Waals surface area contributed by atoms with E-state index in [1.807, 2.05) is 16.7 Å². The zero-order valence-electron chi connectivity index (χ0n) is 19.3. The standard InChI is InChI=1S/C24H26BrN7O2/c1-3-4-7-12-31-22-17(14-18(25)26-22)23(33)32-20(28-29-24(31)32)10-11-21-27-19(30-34-21)13-16-9-6-5-8-15(16)2/h5-6,8-9H,3-4,7,10-14H2,1-2H3. The average Bonchev–Trinajstić information content (AvgIpc) is 3.55. The van der Waals surface area contributed by atoms with Gasteiger partial charge in [-0.1, -0.05) is 49.2 Å². The monoisotopic (exact) mass is 523 g/mol. The summed E-state index contributed by atoms with van der Waals surface area (Å²) in [5.41, 5.74) is 2.93. The van der Waals surface area contributed by atoms with Gasteiger partial charge < -0.3 is 4.52 Å². The van der Waals surface area contributed by atoms with Crippen molar-refractivity contribution in [2.24, 2.45) is 4.99 Å². The van der Waals surface area contributed by atoms with E-state index in [9.17, 15) is 4.79 Å². The molecule has 0 spiro atoms. The zero-order valence-corrected chi connectivity index (χ0v) is 20.9. The lowest BCUT2D eigenvalue weighted by Crippen LogP contribution is -2.24. The van der Waals surface area contributed by atoms with Gasteiger partial charge in [-0.25, -0.2) is 9.39 Å². The van der Waals surface area contributed by atoms with E-state index in [2.05, 4.69) is 67.2 Å². The number of aromatic nitrogens is 6. The molecular formula is C24H26BrN7O2. The SMILES string of the molecule is CCCCCn1c2c(c(=O)n3c(CCc4nc(Cc5ccccc5C)no4)nnc13)CC(Br)=N2. The third-order valence-electron chi connectivity index (χ3n) is 6.16. The highest BCUT2D eigenvalue weighted by molar-refractivity contribution is 9.18. The second-order valence-corrected chi connectivity index (χ2v) is 9.51. The first-order valence-electron chi connectivity index (χ1n) is 11.6. The summed E-state index contributed by atoms with van der Waals surface area (Å²) in [5.74, 6) is 2.99. The van der Waals surface area contributed by atoms with Crippen LogP contribution in [0.25, 0.3) is 5.78 Å². The van der Waals surface area contributed by atoms with Crippen molar-refractivity contribution in [2.75, 3.05) is 0 Å². The number of aryl methyl sites for hydroxylation is 4. The second kappa shape index (κ2) is 9.61. The quantitative estimate of drug-likeness (QED) is 0.305. The molecule has 1 aliphatic heterocycles. The van der Waals surface area contributed by atoms with Crippen LogP contribution in [0.1, 0.15) is 60.4 Å². The number of unbranched alkanes of at least 4 members (excludes halogenated alkanes) is 2. The maximum atomic E-state index is 13.3. The van der Waals surface area contributed by atoms with Crippen LogP contribution >= 0.6 is 15.9 Å². The smallest absolute Gasteiger partial charge is 0.266 e. The van der Waals surface area contributed by atoms with E-state index in [-0.39, 0.29) is 5.56 Å². The number of rotatable bonds is 9. The van der Waals surface area contributed by atoms with E-state index in [1.54, 1.807) is 4.40 Å². The molecule has 0 radical (unpaired) electrons. The summed E-state index contributed by atoms with van der Waals surface area (Å²) in [5, 5.41) is 12.8. The molecule has 176 valence electrons. The topological polar surface area (TPSA) is 103 Å². The van der Waals surface area contributed by atoms with Gasteiger partial charge in [0.2, 0.25) is 11.7 Å². The Balaban J connectivity index is 1.39. The van der Waals surface area contributed by atoms with Crippen LogP contribution in [0.4, 0.5) is 5.82 Å². The van der Waals surface area contributed by atoms with Gasteiger partial charge in [0, 0.05) is 32.2 Å². The van der Waals surface area contributed by atoms with Crippen LogP contribution in [-0.4, -0.2) is 33.9 Å². The van der Waals surface area contributed by atoms with Gasteiger partial charge in [0.25, 0.3) is 5.56 Å². The van der Waals surface area contributed by atoms with Crippen LogP contribution < -0.4 is 5.56 Å². The Morgan fingerprint density at radius 3 is 2.82 bits per heavy atom. The summed E-state index contributed by atoms with van der Waals surface area (Å²) in [6, 6.07) is 8.17. The fourth-order valence-corrected chi connectivity index (χ4v) is 4.76. The number of aliphatic imine (C=N–C) groups is 1. The molecule has 1 aliphatic rings. The molecule has 4 aromatic rings. The lowest BCUT2D eigenvalue weighted by Gasteiger charge is -2.12. The molecule has 0 fully saturated rings. The molecule has 0 unspecified atom stereocenters. The Morgan fingerprint density at radius 1 is 1.15 bits per heavy atom. The summed E-state index contributed by atoms with van der Waals surface area (Å²) >= 11 is 3.47. The van der Waals surface area contributed by atoms with E-state index in [0.717, 1.165) is 30.4 Å². The van der Waals surface area contributed by atoms with E-state index in [1.165, 1.54) is 11.1 Å². The number of nitrogens with zero attached hydrogens (tertiary/aromatic N) is 7. The number of halogens is 1. The molecule has 4 heterocycles. The molecule has 1 aromatic carbocycles. The van der Waals surface area contributed by atoms with Gasteiger partial charge in [0.15, 0.2) is 5.82 Å². The molecular weight excluding hydrogens is 498 g/mol. The van der Waals surface area contributed by atoms with Gasteiger partial charge in [-0.3, -0.25) is 9.36 Å². The van der Waals surface area contributed by atoms with Crippen molar-refractivity contribution < 1.29 is 4.52 Å². The normalized spacial score (nSPS) is 13.0. The van der Waals surface area contributed by atoms with Gasteiger partial charge in [-0.05, 0) is 40.4 Å². The molecule has 0 saturated heterocycles. The Labute approximate surface area is 205 Å². The number of hydrogen-bond donors (Lipinski definition) is 0. The second-order valence-electron chi connectivity index (χ2n) is 8.59. The maximum absolute atomic E-state index is 13.3. The summed E-state index contributed by atoms with van der Waals surface area (Å²) in [6.07, 6.45) is 5.25. The van der Waals surface area contributed by atoms with Gasteiger partial charge in [-0.15, -0.1) is 10.2 Å². The number of benzene rings is 1. The van der Waals surface area contributed by atoms with Crippen LogP contribution in [0.3, 0.4) is 0 Å². The minimum absolute atomic E-state index is 0.110. The maximum Gasteiger partial charge on any atom is 0.266 e. The van der Waals surface area contributed by atoms with Gasteiger partial charge in [0.05, 0.1) is 10.2 Å². The number of hydrogen-bond acceptors (Lipinski definition) is 7. The predicted octanol–water partition coefficient (Wildman–Crippen LogP) is 4.13. The molecule has 0 bridgehead atoms. The van der Waals surface area contributed by atoms with Crippen molar-refractivity contribution in [1.82, 2.24) is 29.3 Å². The molecule has 0 aliphatic carbocycles. The molecule has 34 heavy (non-hydrogen) atoms. The van der Waals surface area contributed by atoms with Gasteiger partial charge in [-0.2, -0.15) is 4.98 Å². The summed E-state index contributed by atoms with van der Waals surface area (Å²) in [6.45, 7) is 4.98. The molecule has 10 heteroatoms. The first kappa shape index (κ1) is 22.6. The highest BCUT2D eigenvalue weighted by Crippen LogP contribution is 2.28. The first-order valence-corrected chi connectivity index (χ1v) is 12.4. The van der Waals surface area contributed by atoms with Crippen molar-refractivity contribution in [2.45, 2.75) is 65.3 Å². The van der Waals surface area contributed by atoms with Crippen molar-refractivity contribution in [1.29, 1.82) is 0 Å². The van der Waals surface area contributed by atoms with Crippen molar-refractivity contribution in [3.63, 3.8) is 0 Å². The minimum atomic E-state index is -0.110. The van der Waals surface area contributed by atoms with Crippen LogP contribution in [0.2, 0.25) is 0 Å². The largest absolute Gasteiger partial charge is 0.339 e. The number of fused-ring (bicyclic) bond motifs is 2. The summed E-state index contributed by atoms with van der Waals surface area (Å²) in [7, 11) is 0. The third-order valence-corrected chi connectivity index (χ3v) is 6.62. The van der Waals surface area contributed by atoms with E-state index in [4.69, 9.17) is 4.52 Å². The lowest BCUT2D eigenvalue weighted by atomic mass is 10.1. The fourth-order valence-electron chi connectivity index (χ4n) is 4.31. The average molecular weight is 524 g/mol. The van der Waals surface area contributed by atoms with Crippen LogP contribution in [0, 0.1) is 6.92 Å². The highest BCUT2D eigenvalue weighted by atomic mass is 79.9. The molecule has 0 amide bonds. The van der Waals surface area contributed by atoms with Crippen LogP contribution in [0.15, 0.2) is 38.6 Å². The Bertz CT molecular complexity index is 1430. The van der Waals surface area contributed by atoms with E-state index < -0.39 is 0 Å². The van der Waals surface area contributed by atoms with Crippen molar-refractivity contribution >= 4 is 32.1 Å². The van der Waals surface area contributed by atoms with Crippen molar-refractivity contribution in [3.8, 4) is 0 Å². The Kier molecular flexibility index (Phi) is 6.40. The Morgan fingerprint density at radius 2 is 2.00 bits per heavy atom. The minimum Gasteiger partial charge on any atom is -0.339 e. The van der Waals surface area contributed by atoms with E-state index >= 15 is 0 Å². The fraction of sp³-hybridized carbons (Fsp3) is 0.417. The summed E-state index contributed by atoms with van der Waals surface area (Å²) in [4.78, 5) is 22.4. The van der Waals surface area contributed by atoms with Crippen LogP contribution in [0.5, 0.6) is 0 Å². The Hall–Kier alpha value is -3.14. The molecule has 0 saturated carbocycles. The zero-order chi connectivity index (χ0) is 23.7. The van der Waals surface area contributed by atoms with Gasteiger partial charge >= 0.3 is 0 Å². The molecule has 9 nitrogen and oxygen atoms in total. The molecule has 0 atom stereocenters. The van der Waals surface area contributed by atoms with Crippen molar-refractivity contribution in [3.05, 3.63) is 68.8 Å². The molecule has 0 N–H and O–H groups in total. The molecule has 3 aromatic heterocycles. The van der Waals surface area contributed by atoms with E-state index in [0.29, 0.717) is 60.4 Å². The van der Waals surface area contributed by atoms with Crippen LogP contribution in [-0.2, 0) is 32.2 Å². The predicted molar refractivity (Wildman–Crippen MR) is 132 cm³/mol. The summed E-state index contributed by atoms with van der Waals surface area (Å²) < 4.78 is 9.87. The highest BCUT2D eigenvalue weighted by Gasteiger charge is 2.25. The third kappa shape index (κ3) is 4.34. The first-order chi connectivity index (χ1) is 16.5. The lowest BCUT2D eigenvalue weighted by molar-refractivity contribution is 0.373.